The van der Waals surface area contributed by atoms with Crippen molar-refractivity contribution >= 4 is 22.9 Å². The van der Waals surface area contributed by atoms with Crippen molar-refractivity contribution in [1.82, 2.24) is 14.5 Å². The lowest BCUT2D eigenvalue weighted by atomic mass is 10.2. The number of rotatable bonds is 3. The molecule has 0 amide bonds. The quantitative estimate of drug-likeness (QED) is 0.814. The van der Waals surface area contributed by atoms with Gasteiger partial charge in [0.2, 0.25) is 0 Å². The third-order valence-corrected chi connectivity index (χ3v) is 3.63. The van der Waals surface area contributed by atoms with Crippen LogP contribution in [0.5, 0.6) is 0 Å². The molecular formula is C12H14ClN3OS. The third-order valence-electron chi connectivity index (χ3n) is 2.48. The Labute approximate surface area is 114 Å². The minimum atomic E-state index is -0.133. The van der Waals surface area contributed by atoms with E-state index in [0.29, 0.717) is 12.4 Å². The molecule has 0 saturated heterocycles. The van der Waals surface area contributed by atoms with Gasteiger partial charge in [0.25, 0.3) is 5.56 Å². The fraction of sp³-hybridized carbons (Fsp3) is 0.417. The van der Waals surface area contributed by atoms with Gasteiger partial charge in [-0.15, -0.1) is 11.3 Å². The van der Waals surface area contributed by atoms with Gasteiger partial charge in [0.05, 0.1) is 6.54 Å². The van der Waals surface area contributed by atoms with Crippen molar-refractivity contribution in [1.29, 1.82) is 0 Å². The molecule has 18 heavy (non-hydrogen) atoms. The molecule has 0 radical (unpaired) electrons. The summed E-state index contributed by atoms with van der Waals surface area (Å²) in [4.78, 5) is 20.6. The summed E-state index contributed by atoms with van der Waals surface area (Å²) in [5.41, 5.74) is 0.836. The van der Waals surface area contributed by atoms with Gasteiger partial charge >= 0.3 is 0 Å². The van der Waals surface area contributed by atoms with Crippen LogP contribution in [0.1, 0.15) is 36.3 Å². The molecule has 0 saturated carbocycles. The summed E-state index contributed by atoms with van der Waals surface area (Å²) in [7, 11) is 0. The smallest absolute Gasteiger partial charge is 0.255 e. The number of aromatic nitrogens is 3. The fourth-order valence-corrected chi connectivity index (χ4v) is 2.64. The Kier molecular flexibility index (Phi) is 3.82. The first-order valence-corrected chi connectivity index (χ1v) is 6.91. The number of hydrogen-bond donors (Lipinski definition) is 0. The zero-order valence-corrected chi connectivity index (χ0v) is 12.0. The zero-order valence-electron chi connectivity index (χ0n) is 10.5. The second kappa shape index (κ2) is 5.20. The normalized spacial score (nSPS) is 11.2. The van der Waals surface area contributed by atoms with E-state index in [1.807, 2.05) is 26.2 Å². The van der Waals surface area contributed by atoms with E-state index in [-0.39, 0.29) is 16.6 Å². The largest absolute Gasteiger partial charge is 0.289 e. The van der Waals surface area contributed by atoms with Gasteiger partial charge in [-0.3, -0.25) is 9.36 Å². The molecule has 0 aliphatic rings. The minimum absolute atomic E-state index is 0.133. The molecular weight excluding hydrogens is 270 g/mol. The Balaban J connectivity index is 2.46. The Hall–Kier alpha value is -1.20. The summed E-state index contributed by atoms with van der Waals surface area (Å²) < 4.78 is 1.63. The van der Waals surface area contributed by atoms with Crippen molar-refractivity contribution in [3.8, 4) is 0 Å². The molecule has 6 heteroatoms. The SMILES string of the molecule is Cc1csc(Cn2c(C(C)C)nc(Cl)cc2=O)n1. The molecule has 2 heterocycles. The summed E-state index contributed by atoms with van der Waals surface area (Å²) in [5, 5.41) is 3.12. The average Bonchev–Trinajstić information content (AvgIpc) is 2.67. The maximum atomic E-state index is 12.0. The molecule has 0 aliphatic heterocycles. The predicted molar refractivity (Wildman–Crippen MR) is 73.5 cm³/mol. The highest BCUT2D eigenvalue weighted by Gasteiger charge is 2.13. The van der Waals surface area contributed by atoms with Gasteiger partial charge in [0, 0.05) is 23.1 Å². The molecule has 0 aromatic carbocycles. The van der Waals surface area contributed by atoms with E-state index in [1.165, 1.54) is 6.07 Å². The van der Waals surface area contributed by atoms with Gasteiger partial charge in [0.15, 0.2) is 0 Å². The van der Waals surface area contributed by atoms with Crippen LogP contribution in [0.2, 0.25) is 5.15 Å². The van der Waals surface area contributed by atoms with Crippen molar-refractivity contribution in [2.45, 2.75) is 33.2 Å². The molecule has 0 N–H and O–H groups in total. The van der Waals surface area contributed by atoms with Crippen LogP contribution in [-0.4, -0.2) is 14.5 Å². The van der Waals surface area contributed by atoms with Crippen molar-refractivity contribution < 1.29 is 0 Å². The first-order valence-electron chi connectivity index (χ1n) is 5.65. The lowest BCUT2D eigenvalue weighted by Gasteiger charge is -2.13. The van der Waals surface area contributed by atoms with E-state index in [2.05, 4.69) is 9.97 Å². The maximum Gasteiger partial charge on any atom is 0.255 e. The Morgan fingerprint density at radius 3 is 2.72 bits per heavy atom. The van der Waals surface area contributed by atoms with Crippen LogP contribution in [-0.2, 0) is 6.54 Å². The van der Waals surface area contributed by atoms with Crippen molar-refractivity contribution in [3.63, 3.8) is 0 Å². The molecule has 0 atom stereocenters. The molecule has 0 unspecified atom stereocenters. The highest BCUT2D eigenvalue weighted by molar-refractivity contribution is 7.09. The monoisotopic (exact) mass is 283 g/mol. The van der Waals surface area contributed by atoms with Crippen LogP contribution in [0.25, 0.3) is 0 Å². The standard InChI is InChI=1S/C12H14ClN3OS/c1-7(2)12-15-9(13)4-11(17)16(12)5-10-14-8(3)6-18-10/h4,6-7H,5H2,1-3H3. The molecule has 0 fully saturated rings. The second-order valence-electron chi connectivity index (χ2n) is 4.40. The molecule has 2 aromatic rings. The number of aryl methyl sites for hydroxylation is 1. The van der Waals surface area contributed by atoms with E-state index in [1.54, 1.807) is 15.9 Å². The predicted octanol–water partition coefficient (Wildman–Crippen LogP) is 2.83. The van der Waals surface area contributed by atoms with Gasteiger partial charge in [-0.05, 0) is 6.92 Å². The lowest BCUT2D eigenvalue weighted by molar-refractivity contribution is 0.622. The molecule has 0 spiro atoms. The van der Waals surface area contributed by atoms with Crippen molar-refractivity contribution in [2.24, 2.45) is 0 Å². The summed E-state index contributed by atoms with van der Waals surface area (Å²) in [5.74, 6) is 0.831. The molecule has 2 aromatic heterocycles. The lowest BCUT2D eigenvalue weighted by Crippen LogP contribution is -2.25. The molecule has 96 valence electrons. The van der Waals surface area contributed by atoms with E-state index in [9.17, 15) is 4.79 Å². The summed E-state index contributed by atoms with van der Waals surface area (Å²) in [6.07, 6.45) is 0. The van der Waals surface area contributed by atoms with Gasteiger partial charge in [0.1, 0.15) is 16.0 Å². The highest BCUT2D eigenvalue weighted by atomic mass is 35.5. The fourth-order valence-electron chi connectivity index (χ4n) is 1.71. The average molecular weight is 284 g/mol. The van der Waals surface area contributed by atoms with Crippen LogP contribution in [0.15, 0.2) is 16.2 Å². The summed E-state index contributed by atoms with van der Waals surface area (Å²) in [6.45, 7) is 6.37. The Bertz CT molecular complexity index is 618. The third kappa shape index (κ3) is 2.79. The number of nitrogens with zero attached hydrogens (tertiary/aromatic N) is 3. The topological polar surface area (TPSA) is 47.8 Å². The first-order chi connectivity index (χ1) is 8.47. The van der Waals surface area contributed by atoms with Crippen LogP contribution >= 0.6 is 22.9 Å². The highest BCUT2D eigenvalue weighted by Crippen LogP contribution is 2.16. The number of hydrogen-bond acceptors (Lipinski definition) is 4. The van der Waals surface area contributed by atoms with Crippen LogP contribution in [0, 0.1) is 6.92 Å². The van der Waals surface area contributed by atoms with Gasteiger partial charge in [-0.2, -0.15) is 0 Å². The number of thiazole rings is 1. The van der Waals surface area contributed by atoms with Crippen LogP contribution in [0.4, 0.5) is 0 Å². The van der Waals surface area contributed by atoms with E-state index in [0.717, 1.165) is 10.7 Å². The molecule has 0 aliphatic carbocycles. The van der Waals surface area contributed by atoms with E-state index in [4.69, 9.17) is 11.6 Å². The van der Waals surface area contributed by atoms with Crippen LogP contribution in [0.3, 0.4) is 0 Å². The minimum Gasteiger partial charge on any atom is -0.289 e. The van der Waals surface area contributed by atoms with E-state index < -0.39 is 0 Å². The van der Waals surface area contributed by atoms with Gasteiger partial charge < -0.3 is 0 Å². The van der Waals surface area contributed by atoms with E-state index >= 15 is 0 Å². The number of halogens is 1. The van der Waals surface area contributed by atoms with Crippen molar-refractivity contribution in [2.75, 3.05) is 0 Å². The Morgan fingerprint density at radius 2 is 2.17 bits per heavy atom. The van der Waals surface area contributed by atoms with Crippen molar-refractivity contribution in [3.05, 3.63) is 43.5 Å². The second-order valence-corrected chi connectivity index (χ2v) is 5.73. The molecule has 4 nitrogen and oxygen atoms in total. The summed E-state index contributed by atoms with van der Waals surface area (Å²) in [6, 6.07) is 1.34. The first kappa shape index (κ1) is 13.2. The summed E-state index contributed by atoms with van der Waals surface area (Å²) >= 11 is 7.38. The molecule has 0 bridgehead atoms. The zero-order chi connectivity index (χ0) is 13.3. The Morgan fingerprint density at radius 1 is 1.44 bits per heavy atom. The van der Waals surface area contributed by atoms with Crippen LogP contribution < -0.4 is 5.56 Å². The van der Waals surface area contributed by atoms with Gasteiger partial charge in [-0.25, -0.2) is 9.97 Å². The van der Waals surface area contributed by atoms with Gasteiger partial charge in [-0.1, -0.05) is 25.4 Å². The maximum absolute atomic E-state index is 12.0. The molecule has 2 rings (SSSR count).